The lowest BCUT2D eigenvalue weighted by Crippen LogP contribution is -2.44. The first kappa shape index (κ1) is 21.5. The van der Waals surface area contributed by atoms with Crippen molar-refractivity contribution in [1.29, 1.82) is 0 Å². The van der Waals surface area contributed by atoms with Crippen LogP contribution < -0.4 is 4.90 Å². The molecule has 0 aliphatic rings. The van der Waals surface area contributed by atoms with Gasteiger partial charge in [-0.15, -0.1) is 0 Å². The number of halogens is 2. The van der Waals surface area contributed by atoms with Gasteiger partial charge >= 0.3 is 12.2 Å². The van der Waals surface area contributed by atoms with E-state index in [-0.39, 0.29) is 16.0 Å². The Kier molecular flexibility index (Phi) is 7.08. The minimum Gasteiger partial charge on any atom is -0.443 e. The number of carbonyl (C=O) groups excluding carboxylic acids is 2. The van der Waals surface area contributed by atoms with E-state index in [0.29, 0.717) is 12.8 Å². The van der Waals surface area contributed by atoms with Crippen molar-refractivity contribution >= 4 is 41.1 Å². The third kappa shape index (κ3) is 6.36. The highest BCUT2D eigenvalue weighted by atomic mass is 35.5. The molecule has 2 amide bonds. The smallest absolute Gasteiger partial charge is 0.424 e. The molecular weight excluding hydrogens is 367 g/mol. The molecule has 1 rings (SSSR count). The van der Waals surface area contributed by atoms with Gasteiger partial charge in [0.15, 0.2) is 0 Å². The van der Waals surface area contributed by atoms with Crippen LogP contribution in [0.15, 0.2) is 12.1 Å². The molecule has 0 aromatic carbocycles. The van der Waals surface area contributed by atoms with Gasteiger partial charge in [0.25, 0.3) is 0 Å². The van der Waals surface area contributed by atoms with Crippen LogP contribution >= 0.6 is 23.2 Å². The van der Waals surface area contributed by atoms with Gasteiger partial charge in [0, 0.05) is 12.1 Å². The van der Waals surface area contributed by atoms with Crippen molar-refractivity contribution in [3.63, 3.8) is 0 Å². The van der Waals surface area contributed by atoms with E-state index in [1.807, 2.05) is 13.8 Å². The van der Waals surface area contributed by atoms with Gasteiger partial charge in [-0.1, -0.05) is 37.0 Å². The summed E-state index contributed by atoms with van der Waals surface area (Å²) >= 11 is 11.8. The fraction of sp³-hybridized carbons (Fsp3) is 0.588. The minimum atomic E-state index is -0.873. The summed E-state index contributed by atoms with van der Waals surface area (Å²) in [7, 11) is 0. The van der Waals surface area contributed by atoms with Crippen molar-refractivity contribution in [1.82, 2.24) is 4.98 Å². The number of pyridine rings is 1. The Morgan fingerprint density at radius 3 is 1.64 bits per heavy atom. The van der Waals surface area contributed by atoms with Crippen LogP contribution in [0.5, 0.6) is 0 Å². The summed E-state index contributed by atoms with van der Waals surface area (Å²) in [5, 5.41) is 0.0789. The van der Waals surface area contributed by atoms with E-state index in [2.05, 4.69) is 4.98 Å². The normalized spacial score (nSPS) is 11.8. The molecule has 0 aliphatic heterocycles. The number of imide groups is 1. The fourth-order valence-electron chi connectivity index (χ4n) is 1.58. The average molecular weight is 391 g/mol. The molecule has 0 saturated carbocycles. The van der Waals surface area contributed by atoms with Gasteiger partial charge in [-0.25, -0.2) is 14.6 Å². The van der Waals surface area contributed by atoms with Crippen molar-refractivity contribution in [2.45, 2.75) is 65.6 Å². The monoisotopic (exact) mass is 390 g/mol. The van der Waals surface area contributed by atoms with Crippen molar-refractivity contribution in [3.8, 4) is 0 Å². The van der Waals surface area contributed by atoms with Crippen LogP contribution in [0.1, 0.15) is 54.4 Å². The summed E-state index contributed by atoms with van der Waals surface area (Å²) < 4.78 is 10.9. The van der Waals surface area contributed by atoms with E-state index in [9.17, 15) is 9.59 Å². The van der Waals surface area contributed by atoms with E-state index < -0.39 is 23.4 Å². The van der Waals surface area contributed by atoms with Crippen LogP contribution in [0.4, 0.5) is 15.3 Å². The van der Waals surface area contributed by atoms with Crippen molar-refractivity contribution < 1.29 is 19.1 Å². The van der Waals surface area contributed by atoms with Crippen LogP contribution in [-0.2, 0) is 9.47 Å². The summed E-state index contributed by atoms with van der Waals surface area (Å²) in [6.07, 6.45) is -0.607. The molecule has 0 bridgehead atoms. The summed E-state index contributed by atoms with van der Waals surface area (Å²) in [6, 6.07) is 2.68. The minimum absolute atomic E-state index is 0.0394. The summed E-state index contributed by atoms with van der Waals surface area (Å²) in [5.74, 6) is 0. The zero-order valence-electron chi connectivity index (χ0n) is 15.4. The first-order valence-electron chi connectivity index (χ1n) is 8.00. The van der Waals surface area contributed by atoms with Crippen LogP contribution in [0.3, 0.4) is 0 Å². The molecule has 25 heavy (non-hydrogen) atoms. The molecule has 140 valence electrons. The molecule has 0 unspecified atom stereocenters. The molecule has 0 fully saturated rings. The van der Waals surface area contributed by atoms with Crippen LogP contribution in [0.2, 0.25) is 10.3 Å². The lowest BCUT2D eigenvalue weighted by atomic mass is 10.1. The molecule has 0 atom stereocenters. The van der Waals surface area contributed by atoms with Crippen LogP contribution in [0, 0.1) is 0 Å². The van der Waals surface area contributed by atoms with Gasteiger partial charge in [0.2, 0.25) is 0 Å². The van der Waals surface area contributed by atoms with Crippen LogP contribution in [0.25, 0.3) is 0 Å². The Hall–Kier alpha value is -1.53. The van der Waals surface area contributed by atoms with Gasteiger partial charge < -0.3 is 9.47 Å². The molecule has 0 aliphatic carbocycles. The molecule has 0 spiro atoms. The zero-order valence-corrected chi connectivity index (χ0v) is 16.9. The second-order valence-corrected chi connectivity index (χ2v) is 7.54. The standard InChI is InChI=1S/C17H24Cl2N2O4/c1-7-16(3,4)24-14(22)21(15(23)25-17(5,6)8-2)11-9-12(18)20-13(19)10-11/h9-10H,7-8H2,1-6H3. The average Bonchev–Trinajstić information content (AvgIpc) is 2.45. The second-order valence-electron chi connectivity index (χ2n) is 6.77. The maximum absolute atomic E-state index is 12.7. The SMILES string of the molecule is CCC(C)(C)OC(=O)N(C(=O)OC(C)(C)CC)c1cc(Cl)nc(Cl)c1. The molecule has 8 heteroatoms. The number of ether oxygens (including phenoxy) is 2. The third-order valence-electron chi connectivity index (χ3n) is 3.80. The van der Waals surface area contributed by atoms with Gasteiger partial charge in [0.05, 0.1) is 5.69 Å². The Labute approximate surface area is 158 Å². The van der Waals surface area contributed by atoms with E-state index in [1.165, 1.54) is 12.1 Å². The summed E-state index contributed by atoms with van der Waals surface area (Å²) in [6.45, 7) is 10.7. The summed E-state index contributed by atoms with van der Waals surface area (Å²) in [4.78, 5) is 29.9. The van der Waals surface area contributed by atoms with Gasteiger partial charge in [-0.05, 0) is 40.5 Å². The van der Waals surface area contributed by atoms with Gasteiger partial charge in [-0.3, -0.25) is 0 Å². The molecule has 1 aromatic heterocycles. The van der Waals surface area contributed by atoms with E-state index in [1.54, 1.807) is 27.7 Å². The van der Waals surface area contributed by atoms with Crippen LogP contribution in [-0.4, -0.2) is 28.4 Å². The number of amides is 2. The lowest BCUT2D eigenvalue weighted by molar-refractivity contribution is 0.0271. The quantitative estimate of drug-likeness (QED) is 0.590. The maximum atomic E-state index is 12.7. The first-order valence-corrected chi connectivity index (χ1v) is 8.75. The lowest BCUT2D eigenvalue weighted by Gasteiger charge is -2.30. The molecular formula is C17H24Cl2N2O4. The zero-order chi connectivity index (χ0) is 19.4. The number of rotatable bonds is 5. The van der Waals surface area contributed by atoms with Gasteiger partial charge in [-0.2, -0.15) is 4.90 Å². The molecule has 0 N–H and O–H groups in total. The third-order valence-corrected chi connectivity index (χ3v) is 4.19. The van der Waals surface area contributed by atoms with Crippen molar-refractivity contribution in [3.05, 3.63) is 22.4 Å². The number of anilines is 1. The molecule has 1 heterocycles. The largest absolute Gasteiger partial charge is 0.443 e. The number of carbonyl (C=O) groups is 2. The topological polar surface area (TPSA) is 68.7 Å². The van der Waals surface area contributed by atoms with Gasteiger partial charge in [0.1, 0.15) is 21.5 Å². The number of aromatic nitrogens is 1. The Bertz CT molecular complexity index is 597. The highest BCUT2D eigenvalue weighted by molar-refractivity contribution is 6.33. The highest BCUT2D eigenvalue weighted by Crippen LogP contribution is 2.27. The first-order chi connectivity index (χ1) is 11.4. The molecule has 6 nitrogen and oxygen atoms in total. The Balaban J connectivity index is 3.26. The van der Waals surface area contributed by atoms with E-state index in [0.717, 1.165) is 4.90 Å². The molecule has 0 saturated heterocycles. The van der Waals surface area contributed by atoms with Crippen molar-refractivity contribution in [2.24, 2.45) is 0 Å². The second kappa shape index (κ2) is 8.23. The van der Waals surface area contributed by atoms with Crippen molar-refractivity contribution in [2.75, 3.05) is 4.90 Å². The Morgan fingerprint density at radius 1 is 0.960 bits per heavy atom. The predicted molar refractivity (Wildman–Crippen MR) is 98.4 cm³/mol. The predicted octanol–water partition coefficient (Wildman–Crippen LogP) is 5.85. The van der Waals surface area contributed by atoms with E-state index in [4.69, 9.17) is 32.7 Å². The fourth-order valence-corrected chi connectivity index (χ4v) is 2.02. The highest BCUT2D eigenvalue weighted by Gasteiger charge is 2.34. The van der Waals surface area contributed by atoms with E-state index >= 15 is 0 Å². The number of nitrogens with zero attached hydrogens (tertiary/aromatic N) is 2. The maximum Gasteiger partial charge on any atom is 0.424 e. The molecule has 1 aromatic rings. The number of hydrogen-bond acceptors (Lipinski definition) is 5. The summed E-state index contributed by atoms with van der Waals surface area (Å²) in [5.41, 5.74) is -1.38. The Morgan fingerprint density at radius 2 is 1.32 bits per heavy atom. The molecule has 0 radical (unpaired) electrons. The number of hydrogen-bond donors (Lipinski definition) is 0.